The van der Waals surface area contributed by atoms with Gasteiger partial charge >= 0.3 is 0 Å². The summed E-state index contributed by atoms with van der Waals surface area (Å²) in [6.45, 7) is 3.22. The van der Waals surface area contributed by atoms with E-state index in [2.05, 4.69) is 26.9 Å². The van der Waals surface area contributed by atoms with Crippen LogP contribution in [-0.4, -0.2) is 53.6 Å². The van der Waals surface area contributed by atoms with Crippen LogP contribution in [-0.2, 0) is 0 Å². The lowest BCUT2D eigenvalue weighted by atomic mass is 9.97. The van der Waals surface area contributed by atoms with Gasteiger partial charge in [-0.1, -0.05) is 0 Å². The Bertz CT molecular complexity index is 386. The van der Waals surface area contributed by atoms with Crippen molar-refractivity contribution in [1.29, 1.82) is 0 Å². The topological polar surface area (TPSA) is 45.2 Å². The largest absolute Gasteiger partial charge is 0.343 e. The Morgan fingerprint density at radius 2 is 1.72 bits per heavy atom. The molecule has 1 aromatic heterocycles. The second-order valence-electron chi connectivity index (χ2n) is 4.80. The third kappa shape index (κ3) is 3.67. The summed E-state index contributed by atoms with van der Waals surface area (Å²) in [7, 11) is 4.12. The van der Waals surface area contributed by atoms with Gasteiger partial charge in [0.25, 0.3) is 0 Å². The van der Waals surface area contributed by atoms with Crippen LogP contribution in [0.5, 0.6) is 0 Å². The SMILES string of the molecule is CN1CCC(CN(C)c2nc(Cl)nc(Cl)n2)CC1. The molecule has 0 spiro atoms. The van der Waals surface area contributed by atoms with E-state index in [9.17, 15) is 0 Å². The first-order chi connectivity index (χ1) is 8.54. The third-order valence-electron chi connectivity index (χ3n) is 3.28. The smallest absolute Gasteiger partial charge is 0.230 e. The summed E-state index contributed by atoms with van der Waals surface area (Å²) < 4.78 is 0. The minimum atomic E-state index is 0.139. The van der Waals surface area contributed by atoms with E-state index in [1.807, 2.05) is 11.9 Å². The zero-order valence-corrected chi connectivity index (χ0v) is 12.1. The number of nitrogens with zero attached hydrogens (tertiary/aromatic N) is 5. The molecule has 5 nitrogen and oxygen atoms in total. The zero-order chi connectivity index (χ0) is 13.1. The first-order valence-electron chi connectivity index (χ1n) is 6.01. The van der Waals surface area contributed by atoms with Gasteiger partial charge in [-0.15, -0.1) is 0 Å². The van der Waals surface area contributed by atoms with E-state index in [1.165, 1.54) is 12.8 Å². The predicted octanol–water partition coefficient (Wildman–Crippen LogP) is 1.96. The van der Waals surface area contributed by atoms with Gasteiger partial charge in [-0.05, 0) is 62.1 Å². The summed E-state index contributed by atoms with van der Waals surface area (Å²) in [5.41, 5.74) is 0. The fourth-order valence-electron chi connectivity index (χ4n) is 2.20. The first kappa shape index (κ1) is 13.8. The molecule has 7 heteroatoms. The average Bonchev–Trinajstić information content (AvgIpc) is 2.31. The Morgan fingerprint density at radius 3 is 2.28 bits per heavy atom. The number of hydrogen-bond acceptors (Lipinski definition) is 5. The van der Waals surface area contributed by atoms with Crippen LogP contribution >= 0.6 is 23.2 Å². The highest BCUT2D eigenvalue weighted by Crippen LogP contribution is 2.19. The van der Waals surface area contributed by atoms with E-state index in [1.54, 1.807) is 0 Å². The summed E-state index contributed by atoms with van der Waals surface area (Å²) in [5.74, 6) is 1.21. The van der Waals surface area contributed by atoms with Gasteiger partial charge in [0.15, 0.2) is 0 Å². The zero-order valence-electron chi connectivity index (χ0n) is 10.6. The number of halogens is 2. The van der Waals surface area contributed by atoms with Crippen LogP contribution in [0.1, 0.15) is 12.8 Å². The lowest BCUT2D eigenvalue weighted by molar-refractivity contribution is 0.222. The molecule has 100 valence electrons. The molecule has 2 rings (SSSR count). The average molecular weight is 290 g/mol. The summed E-state index contributed by atoms with van der Waals surface area (Å²) in [6.07, 6.45) is 2.40. The van der Waals surface area contributed by atoms with Gasteiger partial charge in [-0.3, -0.25) is 0 Å². The first-order valence-corrected chi connectivity index (χ1v) is 6.77. The van der Waals surface area contributed by atoms with Crippen molar-refractivity contribution in [3.05, 3.63) is 10.6 Å². The highest BCUT2D eigenvalue weighted by Gasteiger charge is 2.19. The van der Waals surface area contributed by atoms with Gasteiger partial charge in [0, 0.05) is 13.6 Å². The molecule has 0 amide bonds. The third-order valence-corrected chi connectivity index (χ3v) is 3.62. The Balaban J connectivity index is 1.96. The minimum Gasteiger partial charge on any atom is -0.343 e. The quantitative estimate of drug-likeness (QED) is 0.851. The van der Waals surface area contributed by atoms with Crippen LogP contribution in [0.4, 0.5) is 5.95 Å². The Hall–Kier alpha value is -0.650. The Kier molecular flexibility index (Phi) is 4.59. The molecule has 0 unspecified atom stereocenters. The molecule has 0 bridgehead atoms. The van der Waals surface area contributed by atoms with Crippen molar-refractivity contribution in [3.63, 3.8) is 0 Å². The second-order valence-corrected chi connectivity index (χ2v) is 5.48. The molecule has 18 heavy (non-hydrogen) atoms. The second kappa shape index (κ2) is 5.99. The monoisotopic (exact) mass is 289 g/mol. The van der Waals surface area contributed by atoms with Crippen LogP contribution in [0.3, 0.4) is 0 Å². The van der Waals surface area contributed by atoms with Crippen LogP contribution < -0.4 is 4.90 Å². The van der Waals surface area contributed by atoms with E-state index < -0.39 is 0 Å². The molecule has 1 saturated heterocycles. The normalized spacial score (nSPS) is 18.0. The molecule has 1 fully saturated rings. The van der Waals surface area contributed by atoms with Crippen LogP contribution in [0.2, 0.25) is 10.6 Å². The van der Waals surface area contributed by atoms with Crippen molar-refractivity contribution in [2.75, 3.05) is 38.6 Å². The van der Waals surface area contributed by atoms with E-state index in [0.29, 0.717) is 11.9 Å². The Labute approximate surface area is 117 Å². The van der Waals surface area contributed by atoms with E-state index in [-0.39, 0.29) is 10.6 Å². The molecule has 1 aliphatic heterocycles. The summed E-state index contributed by atoms with van der Waals surface area (Å²) >= 11 is 11.6. The fourth-order valence-corrected chi connectivity index (χ4v) is 2.56. The molecule has 0 aromatic carbocycles. The minimum absolute atomic E-state index is 0.139. The van der Waals surface area contributed by atoms with Gasteiger partial charge in [-0.2, -0.15) is 15.0 Å². The van der Waals surface area contributed by atoms with Crippen LogP contribution in [0.25, 0.3) is 0 Å². The highest BCUT2D eigenvalue weighted by atomic mass is 35.5. The molecule has 0 atom stereocenters. The van der Waals surface area contributed by atoms with Crippen molar-refractivity contribution in [2.24, 2.45) is 5.92 Å². The maximum atomic E-state index is 5.78. The summed E-state index contributed by atoms with van der Waals surface area (Å²) in [5, 5.41) is 0.278. The molecule has 1 aliphatic rings. The van der Waals surface area contributed by atoms with Crippen molar-refractivity contribution in [2.45, 2.75) is 12.8 Å². The lowest BCUT2D eigenvalue weighted by Gasteiger charge is -2.31. The molecule has 0 aliphatic carbocycles. The van der Waals surface area contributed by atoms with Gasteiger partial charge in [-0.25, -0.2) is 0 Å². The van der Waals surface area contributed by atoms with Gasteiger partial charge in [0.2, 0.25) is 16.5 Å². The number of anilines is 1. The predicted molar refractivity (Wildman–Crippen MR) is 73.3 cm³/mol. The molecule has 2 heterocycles. The molecule has 0 N–H and O–H groups in total. The summed E-state index contributed by atoms with van der Waals surface area (Å²) in [4.78, 5) is 16.3. The van der Waals surface area contributed by atoms with E-state index in [0.717, 1.165) is 19.6 Å². The molecular formula is C11H17Cl2N5. The molecule has 1 aromatic rings. The van der Waals surface area contributed by atoms with Crippen molar-refractivity contribution >= 4 is 29.2 Å². The lowest BCUT2D eigenvalue weighted by Crippen LogP contribution is -2.36. The number of likely N-dealkylation sites (tertiary alicyclic amines) is 1. The summed E-state index contributed by atoms with van der Waals surface area (Å²) in [6, 6.07) is 0. The maximum Gasteiger partial charge on any atom is 0.230 e. The van der Waals surface area contributed by atoms with Crippen molar-refractivity contribution in [1.82, 2.24) is 19.9 Å². The fraction of sp³-hybridized carbons (Fsp3) is 0.727. The van der Waals surface area contributed by atoms with Crippen LogP contribution in [0.15, 0.2) is 0 Å². The molecule has 0 saturated carbocycles. The number of rotatable bonds is 3. The van der Waals surface area contributed by atoms with Crippen molar-refractivity contribution < 1.29 is 0 Å². The van der Waals surface area contributed by atoms with Gasteiger partial charge in [0.1, 0.15) is 0 Å². The van der Waals surface area contributed by atoms with E-state index >= 15 is 0 Å². The van der Waals surface area contributed by atoms with Gasteiger partial charge in [0.05, 0.1) is 0 Å². The number of piperidine rings is 1. The van der Waals surface area contributed by atoms with Crippen LogP contribution in [0, 0.1) is 5.92 Å². The van der Waals surface area contributed by atoms with Gasteiger partial charge < -0.3 is 9.80 Å². The molecule has 0 radical (unpaired) electrons. The number of hydrogen-bond donors (Lipinski definition) is 0. The van der Waals surface area contributed by atoms with Crippen molar-refractivity contribution in [3.8, 4) is 0 Å². The van der Waals surface area contributed by atoms with E-state index in [4.69, 9.17) is 23.2 Å². The highest BCUT2D eigenvalue weighted by molar-refractivity contribution is 6.31. The molecular weight excluding hydrogens is 273 g/mol. The number of aromatic nitrogens is 3. The Morgan fingerprint density at radius 1 is 1.17 bits per heavy atom. The maximum absolute atomic E-state index is 5.78. The standard InChI is InChI=1S/C11H17Cl2N5/c1-17-5-3-8(4-6-17)7-18(2)11-15-9(12)14-10(13)16-11/h8H,3-7H2,1-2H3.